The van der Waals surface area contributed by atoms with Gasteiger partial charge in [-0.15, -0.1) is 6.58 Å². The summed E-state index contributed by atoms with van der Waals surface area (Å²) in [6.45, 7) is 10.5. The molecule has 9 heavy (non-hydrogen) atoms. The summed E-state index contributed by atoms with van der Waals surface area (Å²) < 4.78 is 0. The summed E-state index contributed by atoms with van der Waals surface area (Å²) in [4.78, 5) is 0. The minimum absolute atomic E-state index is 0.824. The van der Waals surface area contributed by atoms with Gasteiger partial charge in [0.2, 0.25) is 0 Å². The van der Waals surface area contributed by atoms with Crippen LogP contribution < -0.4 is 0 Å². The second-order valence-corrected chi connectivity index (χ2v) is 3.09. The van der Waals surface area contributed by atoms with Gasteiger partial charge in [-0.3, -0.25) is 0 Å². The van der Waals surface area contributed by atoms with E-state index in [1.807, 2.05) is 6.08 Å². The van der Waals surface area contributed by atoms with Crippen molar-refractivity contribution in [3.05, 3.63) is 12.7 Å². The molecule has 0 heterocycles. The molecule has 0 aliphatic heterocycles. The van der Waals surface area contributed by atoms with Gasteiger partial charge in [-0.1, -0.05) is 26.8 Å². The van der Waals surface area contributed by atoms with Crippen LogP contribution in [-0.2, 0) is 0 Å². The van der Waals surface area contributed by atoms with Crippen molar-refractivity contribution >= 4 is 0 Å². The van der Waals surface area contributed by atoms with Crippen LogP contribution in [0, 0.1) is 11.8 Å². The van der Waals surface area contributed by atoms with Gasteiger partial charge in [0, 0.05) is 0 Å². The lowest BCUT2D eigenvalue weighted by Gasteiger charge is -2.13. The predicted molar refractivity (Wildman–Crippen MR) is 43.4 cm³/mol. The molecular formula is C9H18. The molecule has 0 heteroatoms. The zero-order chi connectivity index (χ0) is 7.28. The molecule has 0 aromatic rings. The Morgan fingerprint density at radius 1 is 1.33 bits per heavy atom. The third kappa shape index (κ3) is 4.26. The van der Waals surface area contributed by atoms with Gasteiger partial charge in [0.05, 0.1) is 0 Å². The normalized spacial score (nSPS) is 13.8. The van der Waals surface area contributed by atoms with Crippen LogP contribution in [0.25, 0.3) is 0 Å². The molecule has 0 radical (unpaired) electrons. The average molecular weight is 126 g/mol. The van der Waals surface area contributed by atoms with E-state index in [0.29, 0.717) is 0 Å². The number of hydrogen-bond donors (Lipinski definition) is 0. The third-order valence-electron chi connectivity index (χ3n) is 1.96. The first-order valence-electron chi connectivity index (χ1n) is 3.79. The van der Waals surface area contributed by atoms with Crippen LogP contribution in [0.4, 0.5) is 0 Å². The number of rotatable bonds is 4. The molecular weight excluding hydrogens is 108 g/mol. The van der Waals surface area contributed by atoms with Gasteiger partial charge in [0.15, 0.2) is 0 Å². The Kier molecular flexibility index (Phi) is 4.47. The summed E-state index contributed by atoms with van der Waals surface area (Å²) in [7, 11) is 0. The van der Waals surface area contributed by atoms with Crippen molar-refractivity contribution in [1.29, 1.82) is 0 Å². The van der Waals surface area contributed by atoms with E-state index < -0.39 is 0 Å². The van der Waals surface area contributed by atoms with Gasteiger partial charge in [-0.25, -0.2) is 0 Å². The predicted octanol–water partition coefficient (Wildman–Crippen LogP) is 3.24. The van der Waals surface area contributed by atoms with Crippen LogP contribution >= 0.6 is 0 Å². The largest absolute Gasteiger partial charge is 0.103 e. The van der Waals surface area contributed by atoms with Crippen LogP contribution in [-0.4, -0.2) is 0 Å². The van der Waals surface area contributed by atoms with E-state index in [0.717, 1.165) is 11.8 Å². The van der Waals surface area contributed by atoms with Crippen molar-refractivity contribution in [2.24, 2.45) is 11.8 Å². The van der Waals surface area contributed by atoms with Gasteiger partial charge < -0.3 is 0 Å². The standard InChI is InChI=1S/C9H18/c1-5-6-7-9(4)8(2)3/h5,8-9H,1,6-7H2,2-4H3. The molecule has 0 saturated carbocycles. The van der Waals surface area contributed by atoms with E-state index in [2.05, 4.69) is 27.4 Å². The summed E-state index contributed by atoms with van der Waals surface area (Å²) in [5, 5.41) is 0. The smallest absolute Gasteiger partial charge is 0.0351 e. The molecule has 0 aromatic heterocycles. The number of hydrogen-bond acceptors (Lipinski definition) is 0. The highest BCUT2D eigenvalue weighted by Gasteiger charge is 2.03. The van der Waals surface area contributed by atoms with Crippen LogP contribution in [0.5, 0.6) is 0 Å². The van der Waals surface area contributed by atoms with Crippen molar-refractivity contribution in [2.75, 3.05) is 0 Å². The maximum Gasteiger partial charge on any atom is -0.0351 e. The fraction of sp³-hybridized carbons (Fsp3) is 0.778. The quantitative estimate of drug-likeness (QED) is 0.507. The molecule has 1 unspecified atom stereocenters. The van der Waals surface area contributed by atoms with Crippen molar-refractivity contribution in [3.63, 3.8) is 0 Å². The molecule has 0 aliphatic carbocycles. The van der Waals surface area contributed by atoms with Crippen molar-refractivity contribution in [2.45, 2.75) is 33.6 Å². The minimum Gasteiger partial charge on any atom is -0.103 e. The third-order valence-corrected chi connectivity index (χ3v) is 1.96. The Morgan fingerprint density at radius 3 is 2.22 bits per heavy atom. The molecule has 0 saturated heterocycles. The lowest BCUT2D eigenvalue weighted by molar-refractivity contribution is 0.395. The summed E-state index contributed by atoms with van der Waals surface area (Å²) in [6, 6.07) is 0. The van der Waals surface area contributed by atoms with Crippen LogP contribution in [0.15, 0.2) is 12.7 Å². The van der Waals surface area contributed by atoms with Gasteiger partial charge >= 0.3 is 0 Å². The van der Waals surface area contributed by atoms with Gasteiger partial charge in [0.1, 0.15) is 0 Å². The van der Waals surface area contributed by atoms with E-state index in [4.69, 9.17) is 0 Å². The molecule has 1 atom stereocenters. The van der Waals surface area contributed by atoms with Crippen molar-refractivity contribution in [1.82, 2.24) is 0 Å². The summed E-state index contributed by atoms with van der Waals surface area (Å²) in [6.07, 6.45) is 4.46. The average Bonchev–Trinajstić information content (AvgIpc) is 1.82. The highest BCUT2D eigenvalue weighted by molar-refractivity contribution is 4.69. The first-order chi connectivity index (χ1) is 4.18. The minimum atomic E-state index is 0.824. The van der Waals surface area contributed by atoms with E-state index >= 15 is 0 Å². The van der Waals surface area contributed by atoms with Crippen LogP contribution in [0.1, 0.15) is 33.6 Å². The fourth-order valence-corrected chi connectivity index (χ4v) is 0.714. The lowest BCUT2D eigenvalue weighted by Crippen LogP contribution is -2.02. The second kappa shape index (κ2) is 4.60. The highest BCUT2D eigenvalue weighted by Crippen LogP contribution is 2.15. The molecule has 0 spiro atoms. The Labute approximate surface area is 59.0 Å². The Hall–Kier alpha value is -0.260. The lowest BCUT2D eigenvalue weighted by atomic mass is 9.93. The molecule has 0 rings (SSSR count). The molecule has 0 nitrogen and oxygen atoms in total. The molecule has 0 fully saturated rings. The van der Waals surface area contributed by atoms with E-state index in [9.17, 15) is 0 Å². The van der Waals surface area contributed by atoms with Gasteiger partial charge in [-0.05, 0) is 24.7 Å². The van der Waals surface area contributed by atoms with Crippen LogP contribution in [0.2, 0.25) is 0 Å². The van der Waals surface area contributed by atoms with Gasteiger partial charge in [-0.2, -0.15) is 0 Å². The first kappa shape index (κ1) is 8.74. The fourth-order valence-electron chi connectivity index (χ4n) is 0.714. The highest BCUT2D eigenvalue weighted by atomic mass is 14.1. The maximum atomic E-state index is 3.69. The maximum absolute atomic E-state index is 3.69. The molecule has 54 valence electrons. The SMILES string of the molecule is C=CCCC(C)C(C)C. The summed E-state index contributed by atoms with van der Waals surface area (Å²) in [5.74, 6) is 1.67. The van der Waals surface area contributed by atoms with Crippen molar-refractivity contribution < 1.29 is 0 Å². The Morgan fingerprint density at radius 2 is 1.89 bits per heavy atom. The van der Waals surface area contributed by atoms with E-state index in [1.165, 1.54) is 12.8 Å². The zero-order valence-electron chi connectivity index (χ0n) is 6.85. The van der Waals surface area contributed by atoms with E-state index in [-0.39, 0.29) is 0 Å². The summed E-state index contributed by atoms with van der Waals surface area (Å²) in [5.41, 5.74) is 0. The monoisotopic (exact) mass is 126 g/mol. The topological polar surface area (TPSA) is 0 Å². The van der Waals surface area contributed by atoms with E-state index in [1.54, 1.807) is 0 Å². The zero-order valence-corrected chi connectivity index (χ0v) is 6.85. The molecule has 0 amide bonds. The van der Waals surface area contributed by atoms with Gasteiger partial charge in [0.25, 0.3) is 0 Å². The second-order valence-electron chi connectivity index (χ2n) is 3.09. The Bertz CT molecular complexity index is 72.1. The van der Waals surface area contributed by atoms with Crippen LogP contribution in [0.3, 0.4) is 0 Å². The molecule has 0 N–H and O–H groups in total. The summed E-state index contributed by atoms with van der Waals surface area (Å²) >= 11 is 0. The first-order valence-corrected chi connectivity index (χ1v) is 3.79. The Balaban J connectivity index is 3.26. The van der Waals surface area contributed by atoms with Crippen molar-refractivity contribution in [3.8, 4) is 0 Å². The molecule has 0 bridgehead atoms. The number of allylic oxidation sites excluding steroid dienone is 1. The molecule has 0 aliphatic rings. The molecule has 0 aromatic carbocycles.